The van der Waals surface area contributed by atoms with Gasteiger partial charge in [-0.25, -0.2) is 9.13 Å². The zero-order chi connectivity index (χ0) is 14.7. The molecule has 2 aromatic carbocycles. The van der Waals surface area contributed by atoms with E-state index in [1.54, 1.807) is 0 Å². The summed E-state index contributed by atoms with van der Waals surface area (Å²) in [6.45, 7) is 0.367. The number of carbonyl (C=O) groups is 1. The Kier molecular flexibility index (Phi) is 3.65. The molecule has 0 saturated carbocycles. The highest BCUT2D eigenvalue weighted by Gasteiger charge is 2.10. The Balaban J connectivity index is 1.76. The van der Waals surface area contributed by atoms with Crippen LogP contribution in [0.5, 0.6) is 0 Å². The van der Waals surface area contributed by atoms with E-state index in [4.69, 9.17) is 0 Å². The molecule has 21 heavy (non-hydrogen) atoms. The van der Waals surface area contributed by atoms with Crippen molar-refractivity contribution >= 4 is 5.78 Å². The predicted octanol–water partition coefficient (Wildman–Crippen LogP) is 2.86. The molecule has 3 rings (SSSR count). The van der Waals surface area contributed by atoms with Crippen molar-refractivity contribution in [2.75, 3.05) is 0 Å². The van der Waals surface area contributed by atoms with E-state index in [0.29, 0.717) is 6.54 Å². The fraction of sp³-hybridized carbons (Fsp3) is 0.111. The average molecular weight is 277 g/mol. The molecule has 3 heteroatoms. The number of hydrogen-bond acceptors (Lipinski definition) is 1. The normalized spacial score (nSPS) is 10.5. The highest BCUT2D eigenvalue weighted by atomic mass is 16.1. The van der Waals surface area contributed by atoms with Crippen molar-refractivity contribution in [3.8, 4) is 11.1 Å². The Morgan fingerprint density at radius 2 is 1.67 bits per heavy atom. The quantitative estimate of drug-likeness (QED) is 0.532. The molecule has 0 aliphatic carbocycles. The Morgan fingerprint density at radius 3 is 2.29 bits per heavy atom. The van der Waals surface area contributed by atoms with Crippen LogP contribution in [-0.2, 0) is 13.6 Å². The maximum atomic E-state index is 12.2. The number of nitrogens with zero attached hydrogens (tertiary/aromatic N) is 2. The summed E-state index contributed by atoms with van der Waals surface area (Å²) in [6.07, 6.45) is 5.72. The number of Topliss-reactive ketones (excluding diaryl/α,β-unsaturated/α-hetero) is 1. The third-order valence-electron chi connectivity index (χ3n) is 3.46. The van der Waals surface area contributed by atoms with E-state index in [1.165, 1.54) is 0 Å². The third kappa shape index (κ3) is 3.08. The SMILES string of the molecule is C[n+]1ccn(CC(=O)c2ccc(-c3ccccc3)cc2)c1. The standard InChI is InChI=1S/C18H17N2O/c1-19-11-12-20(14-19)13-18(21)17-9-7-16(8-10-17)15-5-3-2-4-6-15/h2-12,14H,13H2,1H3/q+1. The number of benzene rings is 2. The van der Waals surface area contributed by atoms with Crippen molar-refractivity contribution in [2.45, 2.75) is 6.54 Å². The largest absolute Gasteiger partial charge is 0.290 e. The molecule has 0 radical (unpaired) electrons. The Morgan fingerprint density at radius 1 is 1.00 bits per heavy atom. The molecule has 3 aromatic rings. The summed E-state index contributed by atoms with van der Waals surface area (Å²) in [7, 11) is 1.94. The first kappa shape index (κ1) is 13.3. The number of imidazole rings is 1. The van der Waals surface area contributed by atoms with Crippen LogP contribution in [0.2, 0.25) is 0 Å². The number of aromatic nitrogens is 2. The summed E-state index contributed by atoms with van der Waals surface area (Å²) < 4.78 is 3.80. The van der Waals surface area contributed by atoms with Gasteiger partial charge in [0.15, 0.2) is 6.54 Å². The summed E-state index contributed by atoms with van der Waals surface area (Å²) in [5.74, 6) is 0.116. The van der Waals surface area contributed by atoms with Crippen molar-refractivity contribution in [3.63, 3.8) is 0 Å². The second-order valence-corrected chi connectivity index (χ2v) is 5.12. The van der Waals surface area contributed by atoms with E-state index in [9.17, 15) is 4.79 Å². The van der Waals surface area contributed by atoms with Gasteiger partial charge < -0.3 is 0 Å². The molecule has 0 fully saturated rings. The van der Waals surface area contributed by atoms with E-state index in [1.807, 2.05) is 77.4 Å². The Labute approximate surface area is 124 Å². The molecule has 0 N–H and O–H groups in total. The molecule has 0 saturated heterocycles. The molecule has 104 valence electrons. The minimum Gasteiger partial charge on any atom is -0.290 e. The van der Waals surface area contributed by atoms with E-state index >= 15 is 0 Å². The van der Waals surface area contributed by atoms with Gasteiger partial charge in [0, 0.05) is 5.56 Å². The van der Waals surface area contributed by atoms with Crippen LogP contribution >= 0.6 is 0 Å². The monoisotopic (exact) mass is 277 g/mol. The molecule has 0 aliphatic rings. The van der Waals surface area contributed by atoms with Crippen molar-refractivity contribution in [1.82, 2.24) is 4.57 Å². The number of rotatable bonds is 4. The lowest BCUT2D eigenvalue weighted by Crippen LogP contribution is -2.24. The molecule has 3 nitrogen and oxygen atoms in total. The van der Waals surface area contributed by atoms with Crippen LogP contribution in [0.15, 0.2) is 73.3 Å². The number of aryl methyl sites for hydroxylation is 1. The highest BCUT2D eigenvalue weighted by Crippen LogP contribution is 2.19. The van der Waals surface area contributed by atoms with Gasteiger partial charge in [-0.1, -0.05) is 54.6 Å². The average Bonchev–Trinajstić information content (AvgIpc) is 2.93. The first-order valence-electron chi connectivity index (χ1n) is 6.92. The van der Waals surface area contributed by atoms with Gasteiger partial charge in [0.25, 0.3) is 0 Å². The van der Waals surface area contributed by atoms with Gasteiger partial charge in [-0.05, 0) is 11.1 Å². The van der Waals surface area contributed by atoms with E-state index in [0.717, 1.165) is 16.7 Å². The molecule has 0 aliphatic heterocycles. The van der Waals surface area contributed by atoms with E-state index < -0.39 is 0 Å². The van der Waals surface area contributed by atoms with Crippen molar-refractivity contribution < 1.29 is 9.36 Å². The Hall–Kier alpha value is -2.68. The van der Waals surface area contributed by atoms with Crippen molar-refractivity contribution in [2.24, 2.45) is 7.05 Å². The lowest BCUT2D eigenvalue weighted by atomic mass is 10.0. The van der Waals surface area contributed by atoms with Crippen LogP contribution in [-0.4, -0.2) is 10.4 Å². The fourth-order valence-corrected chi connectivity index (χ4v) is 2.33. The van der Waals surface area contributed by atoms with Crippen LogP contribution in [0.3, 0.4) is 0 Å². The predicted molar refractivity (Wildman–Crippen MR) is 81.8 cm³/mol. The summed E-state index contributed by atoms with van der Waals surface area (Å²) in [6, 6.07) is 17.9. The minimum absolute atomic E-state index is 0.116. The maximum absolute atomic E-state index is 12.2. The Bertz CT molecular complexity index is 742. The highest BCUT2D eigenvalue weighted by molar-refractivity contribution is 5.96. The second kappa shape index (κ2) is 5.75. The number of ketones is 1. The molecule has 0 spiro atoms. The minimum atomic E-state index is 0.116. The van der Waals surface area contributed by atoms with Gasteiger partial charge in [0.1, 0.15) is 12.4 Å². The van der Waals surface area contributed by atoms with E-state index in [-0.39, 0.29) is 5.78 Å². The maximum Gasteiger partial charge on any atom is 0.243 e. The fourth-order valence-electron chi connectivity index (χ4n) is 2.33. The van der Waals surface area contributed by atoms with Crippen molar-refractivity contribution in [1.29, 1.82) is 0 Å². The van der Waals surface area contributed by atoms with Crippen LogP contribution in [0.25, 0.3) is 11.1 Å². The first-order chi connectivity index (χ1) is 10.2. The van der Waals surface area contributed by atoms with Crippen LogP contribution in [0, 0.1) is 0 Å². The summed E-state index contributed by atoms with van der Waals surface area (Å²) in [4.78, 5) is 12.2. The second-order valence-electron chi connectivity index (χ2n) is 5.12. The van der Waals surface area contributed by atoms with Crippen LogP contribution < -0.4 is 4.57 Å². The molecule has 0 bridgehead atoms. The molecular formula is C18H17N2O+. The van der Waals surface area contributed by atoms with Gasteiger partial charge in [0.05, 0.1) is 7.05 Å². The molecule has 0 amide bonds. The number of hydrogen-bond donors (Lipinski definition) is 0. The van der Waals surface area contributed by atoms with Crippen LogP contribution in [0.4, 0.5) is 0 Å². The van der Waals surface area contributed by atoms with E-state index in [2.05, 4.69) is 12.1 Å². The summed E-state index contributed by atoms with van der Waals surface area (Å²) >= 11 is 0. The van der Waals surface area contributed by atoms with Crippen LogP contribution in [0.1, 0.15) is 10.4 Å². The van der Waals surface area contributed by atoms with Gasteiger partial charge in [-0.15, -0.1) is 0 Å². The summed E-state index contributed by atoms with van der Waals surface area (Å²) in [5, 5.41) is 0. The number of carbonyl (C=O) groups excluding carboxylic acids is 1. The van der Waals surface area contributed by atoms with Gasteiger partial charge >= 0.3 is 0 Å². The molecule has 1 heterocycles. The molecular weight excluding hydrogens is 260 g/mol. The third-order valence-corrected chi connectivity index (χ3v) is 3.46. The van der Waals surface area contributed by atoms with Gasteiger partial charge in [-0.2, -0.15) is 0 Å². The zero-order valence-corrected chi connectivity index (χ0v) is 11.9. The topological polar surface area (TPSA) is 25.9 Å². The molecule has 0 unspecified atom stereocenters. The lowest BCUT2D eigenvalue weighted by molar-refractivity contribution is -0.671. The van der Waals surface area contributed by atoms with Crippen molar-refractivity contribution in [3.05, 3.63) is 78.9 Å². The first-order valence-corrected chi connectivity index (χ1v) is 6.92. The molecule has 1 aromatic heterocycles. The van der Waals surface area contributed by atoms with Gasteiger partial charge in [0.2, 0.25) is 12.1 Å². The smallest absolute Gasteiger partial charge is 0.243 e. The summed E-state index contributed by atoms with van der Waals surface area (Å²) in [5.41, 5.74) is 3.03. The molecule has 0 atom stereocenters. The van der Waals surface area contributed by atoms with Gasteiger partial charge in [-0.3, -0.25) is 4.79 Å². The zero-order valence-electron chi connectivity index (χ0n) is 11.9. The lowest BCUT2D eigenvalue weighted by Gasteiger charge is -2.03.